The second-order valence-corrected chi connectivity index (χ2v) is 7.26. The van der Waals surface area contributed by atoms with Crippen molar-refractivity contribution in [3.63, 3.8) is 0 Å². The predicted molar refractivity (Wildman–Crippen MR) is 105 cm³/mol. The maximum atomic E-state index is 12.2. The molecule has 1 aliphatic heterocycles. The number of hydrogen-bond acceptors (Lipinski definition) is 5. The van der Waals surface area contributed by atoms with E-state index in [-0.39, 0.29) is 24.7 Å². The first-order valence-electron chi connectivity index (χ1n) is 9.68. The molecule has 1 heterocycles. The van der Waals surface area contributed by atoms with Gasteiger partial charge < -0.3 is 19.3 Å². The van der Waals surface area contributed by atoms with Crippen LogP contribution in [0.5, 0.6) is 5.75 Å². The highest BCUT2D eigenvalue weighted by Crippen LogP contribution is 2.19. The van der Waals surface area contributed by atoms with Gasteiger partial charge in [0.05, 0.1) is 20.6 Å². The van der Waals surface area contributed by atoms with Crippen molar-refractivity contribution < 1.29 is 19.1 Å². The highest BCUT2D eigenvalue weighted by Gasteiger charge is 2.22. The van der Waals surface area contributed by atoms with Crippen LogP contribution in [0.1, 0.15) is 31.2 Å². The first kappa shape index (κ1) is 21.2. The average Bonchev–Trinajstić information content (AvgIpc) is 2.70. The smallest absolute Gasteiger partial charge is 0.306 e. The molecule has 1 fully saturated rings. The van der Waals surface area contributed by atoms with Gasteiger partial charge in [0.2, 0.25) is 5.91 Å². The van der Waals surface area contributed by atoms with Gasteiger partial charge in [0.25, 0.3) is 0 Å². The van der Waals surface area contributed by atoms with Crippen LogP contribution in [0.4, 0.5) is 0 Å². The Bertz CT molecular complexity index is 603. The molecule has 150 valence electrons. The van der Waals surface area contributed by atoms with Gasteiger partial charge >= 0.3 is 5.97 Å². The monoisotopic (exact) mass is 376 g/mol. The first-order valence-corrected chi connectivity index (χ1v) is 9.68. The van der Waals surface area contributed by atoms with E-state index >= 15 is 0 Å². The number of carbonyl (C=O) groups is 2. The first-order chi connectivity index (χ1) is 13.0. The van der Waals surface area contributed by atoms with Crippen LogP contribution in [0.2, 0.25) is 0 Å². The van der Waals surface area contributed by atoms with Crippen LogP contribution in [0.3, 0.4) is 0 Å². The number of amides is 1. The van der Waals surface area contributed by atoms with E-state index in [0.717, 1.165) is 51.2 Å². The minimum absolute atomic E-state index is 0.00996. The minimum Gasteiger partial charge on any atom is -0.497 e. The van der Waals surface area contributed by atoms with Gasteiger partial charge in [0, 0.05) is 33.1 Å². The van der Waals surface area contributed by atoms with E-state index in [1.807, 2.05) is 19.2 Å². The second kappa shape index (κ2) is 10.9. The summed E-state index contributed by atoms with van der Waals surface area (Å²) in [6, 6.07) is 8.24. The normalized spacial score (nSPS) is 17.4. The Morgan fingerprint density at radius 1 is 1.19 bits per heavy atom. The van der Waals surface area contributed by atoms with Gasteiger partial charge in [-0.3, -0.25) is 9.59 Å². The maximum absolute atomic E-state index is 12.2. The molecule has 1 aliphatic rings. The van der Waals surface area contributed by atoms with E-state index in [4.69, 9.17) is 4.74 Å². The molecule has 0 bridgehead atoms. The van der Waals surface area contributed by atoms with Gasteiger partial charge in [-0.15, -0.1) is 0 Å². The van der Waals surface area contributed by atoms with Crippen LogP contribution in [-0.4, -0.2) is 69.1 Å². The van der Waals surface area contributed by atoms with Crippen molar-refractivity contribution in [2.45, 2.75) is 32.1 Å². The van der Waals surface area contributed by atoms with Crippen LogP contribution < -0.4 is 4.74 Å². The third-order valence-corrected chi connectivity index (χ3v) is 5.21. The standard InChI is InChI=1S/C21H32N2O4/c1-22(20(24)10-11-21(25)27-3)15-18-5-4-13-23(16-18)14-12-17-6-8-19(26-2)9-7-17/h6-9,18H,4-5,10-16H2,1-3H3/t18-/m1/s1. The molecule has 1 atom stereocenters. The lowest BCUT2D eigenvalue weighted by Crippen LogP contribution is -2.42. The van der Waals surface area contributed by atoms with E-state index in [1.165, 1.54) is 12.7 Å². The van der Waals surface area contributed by atoms with E-state index < -0.39 is 0 Å². The summed E-state index contributed by atoms with van der Waals surface area (Å²) < 4.78 is 9.80. The topological polar surface area (TPSA) is 59.1 Å². The summed E-state index contributed by atoms with van der Waals surface area (Å²) >= 11 is 0. The molecule has 0 unspecified atom stereocenters. The van der Waals surface area contributed by atoms with Crippen LogP contribution in [0.25, 0.3) is 0 Å². The van der Waals surface area contributed by atoms with Crippen molar-refractivity contribution in [2.24, 2.45) is 5.92 Å². The predicted octanol–water partition coefficient (Wildman–Crippen LogP) is 2.36. The SMILES string of the molecule is COC(=O)CCC(=O)N(C)C[C@H]1CCCN(CCc2ccc(OC)cc2)C1. The summed E-state index contributed by atoms with van der Waals surface area (Å²) in [7, 11) is 4.86. The Kier molecular flexibility index (Phi) is 8.58. The van der Waals surface area contributed by atoms with Gasteiger partial charge in [-0.2, -0.15) is 0 Å². The summed E-state index contributed by atoms with van der Waals surface area (Å²) in [6.07, 6.45) is 3.70. The molecule has 1 aromatic carbocycles. The highest BCUT2D eigenvalue weighted by atomic mass is 16.5. The van der Waals surface area contributed by atoms with Crippen molar-refractivity contribution in [3.8, 4) is 5.75 Å². The van der Waals surface area contributed by atoms with Crippen LogP contribution in [0.15, 0.2) is 24.3 Å². The zero-order valence-electron chi connectivity index (χ0n) is 16.8. The summed E-state index contributed by atoms with van der Waals surface area (Å²) in [6.45, 7) is 3.92. The number of esters is 1. The number of ether oxygens (including phenoxy) is 2. The third-order valence-electron chi connectivity index (χ3n) is 5.21. The molecule has 0 aromatic heterocycles. The molecular weight excluding hydrogens is 344 g/mol. The second-order valence-electron chi connectivity index (χ2n) is 7.26. The Labute approximate surface area is 162 Å². The number of methoxy groups -OCH3 is 2. The molecule has 6 heteroatoms. The summed E-state index contributed by atoms with van der Waals surface area (Å²) in [5.74, 6) is 1.05. The summed E-state index contributed by atoms with van der Waals surface area (Å²) in [4.78, 5) is 27.6. The Balaban J connectivity index is 1.74. The third kappa shape index (κ3) is 7.21. The molecule has 1 aromatic rings. The molecule has 0 saturated carbocycles. The van der Waals surface area contributed by atoms with Crippen molar-refractivity contribution in [3.05, 3.63) is 29.8 Å². The van der Waals surface area contributed by atoms with Crippen molar-refractivity contribution in [1.29, 1.82) is 0 Å². The van der Waals surface area contributed by atoms with Gasteiger partial charge in [0.15, 0.2) is 0 Å². The Hall–Kier alpha value is -2.08. The number of nitrogens with zero attached hydrogens (tertiary/aromatic N) is 2. The van der Waals surface area contributed by atoms with E-state index in [9.17, 15) is 9.59 Å². The van der Waals surface area contributed by atoms with Crippen molar-refractivity contribution in [1.82, 2.24) is 9.80 Å². The fourth-order valence-electron chi connectivity index (χ4n) is 3.57. The average molecular weight is 376 g/mol. The fourth-order valence-corrected chi connectivity index (χ4v) is 3.57. The zero-order chi connectivity index (χ0) is 19.6. The van der Waals surface area contributed by atoms with Crippen molar-refractivity contribution in [2.75, 3.05) is 47.4 Å². The quantitative estimate of drug-likeness (QED) is 0.619. The maximum Gasteiger partial charge on any atom is 0.306 e. The molecular formula is C21H32N2O4. The van der Waals surface area contributed by atoms with E-state index in [1.54, 1.807) is 12.0 Å². The van der Waals surface area contributed by atoms with Gasteiger partial charge in [-0.25, -0.2) is 0 Å². The van der Waals surface area contributed by atoms with Gasteiger partial charge in [0.1, 0.15) is 5.75 Å². The fraction of sp³-hybridized carbons (Fsp3) is 0.619. The number of benzene rings is 1. The number of rotatable bonds is 9. The van der Waals surface area contributed by atoms with Crippen LogP contribution in [0, 0.1) is 5.92 Å². The lowest BCUT2D eigenvalue weighted by atomic mass is 9.97. The Morgan fingerprint density at radius 3 is 2.59 bits per heavy atom. The number of hydrogen-bond donors (Lipinski definition) is 0. The van der Waals surface area contributed by atoms with Crippen LogP contribution in [-0.2, 0) is 20.7 Å². The largest absolute Gasteiger partial charge is 0.497 e. The van der Waals surface area contributed by atoms with Crippen LogP contribution >= 0.6 is 0 Å². The molecule has 6 nitrogen and oxygen atoms in total. The lowest BCUT2D eigenvalue weighted by Gasteiger charge is -2.34. The molecule has 1 amide bonds. The van der Waals surface area contributed by atoms with Gasteiger partial charge in [-0.05, 0) is 49.4 Å². The molecule has 0 aliphatic carbocycles. The number of likely N-dealkylation sites (tertiary alicyclic amines) is 1. The minimum atomic E-state index is -0.334. The van der Waals surface area contributed by atoms with Crippen molar-refractivity contribution >= 4 is 11.9 Å². The highest BCUT2D eigenvalue weighted by molar-refractivity contribution is 5.81. The zero-order valence-corrected chi connectivity index (χ0v) is 16.8. The molecule has 1 saturated heterocycles. The molecule has 2 rings (SSSR count). The van der Waals surface area contributed by atoms with Gasteiger partial charge in [-0.1, -0.05) is 12.1 Å². The molecule has 27 heavy (non-hydrogen) atoms. The summed E-state index contributed by atoms with van der Waals surface area (Å²) in [5, 5.41) is 0. The van der Waals surface area contributed by atoms with E-state index in [0.29, 0.717) is 5.92 Å². The summed E-state index contributed by atoms with van der Waals surface area (Å²) in [5.41, 5.74) is 1.31. The lowest BCUT2D eigenvalue weighted by molar-refractivity contribution is -0.143. The number of piperidine rings is 1. The number of carbonyl (C=O) groups excluding carboxylic acids is 2. The molecule has 0 N–H and O–H groups in total. The Morgan fingerprint density at radius 2 is 1.93 bits per heavy atom. The van der Waals surface area contributed by atoms with E-state index in [2.05, 4.69) is 21.8 Å². The molecule has 0 radical (unpaired) electrons. The molecule has 0 spiro atoms.